The summed E-state index contributed by atoms with van der Waals surface area (Å²) in [4.78, 5) is 18.6. The van der Waals surface area contributed by atoms with E-state index in [9.17, 15) is 4.79 Å². The first-order chi connectivity index (χ1) is 18.0. The minimum absolute atomic E-state index is 0.00573. The average Bonchev–Trinajstić information content (AvgIpc) is 3.64. The molecule has 3 aromatic heterocycles. The van der Waals surface area contributed by atoms with Gasteiger partial charge in [-0.05, 0) is 37.1 Å². The van der Waals surface area contributed by atoms with E-state index in [1.54, 1.807) is 22.4 Å². The van der Waals surface area contributed by atoms with Gasteiger partial charge in [0, 0.05) is 49.6 Å². The number of rotatable bonds is 6. The number of nitrogens with one attached hydrogen (secondary N) is 1. The number of likely N-dealkylation sites (tertiary alicyclic amines) is 1. The second-order valence-corrected chi connectivity index (χ2v) is 9.42. The molecule has 2 aliphatic heterocycles. The normalized spacial score (nSPS) is 17.6. The number of fused-ring (bicyclic) bond motifs is 2. The van der Waals surface area contributed by atoms with E-state index in [1.165, 1.54) is 6.08 Å². The van der Waals surface area contributed by atoms with E-state index in [0.717, 1.165) is 59.9 Å². The van der Waals surface area contributed by atoms with Gasteiger partial charge < -0.3 is 19.7 Å². The molecule has 37 heavy (non-hydrogen) atoms. The molecule has 1 atom stereocenters. The molecule has 0 unspecified atom stereocenters. The second kappa shape index (κ2) is 9.36. The SMILES string of the molecule is C=CC(=O)N1CCC(N[C@H]2COc3cc(-c4nc5ccc(OC)nn5c4-c4ccn(C)n4)ccc32)CC1. The Morgan fingerprint density at radius 1 is 1.19 bits per heavy atom. The van der Waals surface area contributed by atoms with E-state index in [2.05, 4.69) is 34.2 Å². The molecule has 190 valence electrons. The number of benzene rings is 1. The Kier molecular flexibility index (Phi) is 5.88. The molecular formula is C27H29N7O3. The van der Waals surface area contributed by atoms with Crippen molar-refractivity contribution in [1.29, 1.82) is 0 Å². The first kappa shape index (κ1) is 23.2. The quantitative estimate of drug-likeness (QED) is 0.407. The highest BCUT2D eigenvalue weighted by atomic mass is 16.5. The van der Waals surface area contributed by atoms with Crippen LogP contribution in [0.15, 0.2) is 55.3 Å². The van der Waals surface area contributed by atoms with Crippen molar-refractivity contribution in [3.8, 4) is 34.3 Å². The summed E-state index contributed by atoms with van der Waals surface area (Å²) >= 11 is 0. The van der Waals surface area contributed by atoms with Gasteiger partial charge in [-0.15, -0.1) is 5.10 Å². The molecule has 0 aliphatic carbocycles. The summed E-state index contributed by atoms with van der Waals surface area (Å²) in [6, 6.07) is 12.3. The van der Waals surface area contributed by atoms with Gasteiger partial charge in [0.05, 0.1) is 13.2 Å². The third kappa shape index (κ3) is 4.23. The van der Waals surface area contributed by atoms with Gasteiger partial charge in [-0.1, -0.05) is 18.7 Å². The van der Waals surface area contributed by atoms with Crippen LogP contribution in [0, 0.1) is 0 Å². The molecule has 2 aliphatic rings. The number of imidazole rings is 1. The van der Waals surface area contributed by atoms with Crippen molar-refractivity contribution >= 4 is 11.6 Å². The average molecular weight is 500 g/mol. The lowest BCUT2D eigenvalue weighted by Gasteiger charge is -2.33. The lowest BCUT2D eigenvalue weighted by atomic mass is 10.00. The fourth-order valence-corrected chi connectivity index (χ4v) is 5.17. The van der Waals surface area contributed by atoms with Crippen LogP contribution in [0.4, 0.5) is 0 Å². The molecule has 0 radical (unpaired) electrons. The van der Waals surface area contributed by atoms with Crippen LogP contribution in [0.25, 0.3) is 28.3 Å². The summed E-state index contributed by atoms with van der Waals surface area (Å²) in [6.07, 6.45) is 5.11. The molecule has 10 nitrogen and oxygen atoms in total. The summed E-state index contributed by atoms with van der Waals surface area (Å²) in [5.74, 6) is 1.36. The number of aromatic nitrogens is 5. The first-order valence-corrected chi connectivity index (χ1v) is 12.4. The molecule has 0 spiro atoms. The van der Waals surface area contributed by atoms with E-state index in [1.807, 2.05) is 36.3 Å². The van der Waals surface area contributed by atoms with Crippen molar-refractivity contribution in [2.24, 2.45) is 7.05 Å². The Labute approximate surface area is 214 Å². The van der Waals surface area contributed by atoms with Crippen LogP contribution in [-0.4, -0.2) is 68.0 Å². The number of hydrogen-bond acceptors (Lipinski definition) is 7. The molecule has 10 heteroatoms. The summed E-state index contributed by atoms with van der Waals surface area (Å²) in [5.41, 5.74) is 5.12. The van der Waals surface area contributed by atoms with Gasteiger partial charge in [0.25, 0.3) is 0 Å². The largest absolute Gasteiger partial charge is 0.491 e. The smallest absolute Gasteiger partial charge is 0.245 e. The summed E-state index contributed by atoms with van der Waals surface area (Å²) in [5, 5.41) is 13.0. The number of hydrogen-bond donors (Lipinski definition) is 1. The third-order valence-corrected chi connectivity index (χ3v) is 7.10. The van der Waals surface area contributed by atoms with Crippen molar-refractivity contribution in [2.45, 2.75) is 24.9 Å². The Morgan fingerprint density at radius 2 is 2.03 bits per heavy atom. The van der Waals surface area contributed by atoms with Crippen molar-refractivity contribution < 1.29 is 14.3 Å². The van der Waals surface area contributed by atoms with Crippen LogP contribution in [0.5, 0.6) is 11.6 Å². The van der Waals surface area contributed by atoms with Crippen molar-refractivity contribution in [3.63, 3.8) is 0 Å². The predicted molar refractivity (Wildman–Crippen MR) is 138 cm³/mol. The van der Waals surface area contributed by atoms with Crippen molar-refractivity contribution in [2.75, 3.05) is 26.8 Å². The van der Waals surface area contributed by atoms with E-state index in [4.69, 9.17) is 14.5 Å². The van der Waals surface area contributed by atoms with Gasteiger partial charge in [-0.25, -0.2) is 9.50 Å². The second-order valence-electron chi connectivity index (χ2n) is 9.42. The van der Waals surface area contributed by atoms with E-state index in [0.29, 0.717) is 24.2 Å². The molecule has 1 saturated heterocycles. The summed E-state index contributed by atoms with van der Waals surface area (Å²) < 4.78 is 15.0. The zero-order valence-electron chi connectivity index (χ0n) is 20.9. The Bertz CT molecular complexity index is 1480. The summed E-state index contributed by atoms with van der Waals surface area (Å²) in [6.45, 7) is 5.65. The number of amides is 1. The molecule has 0 bridgehead atoms. The predicted octanol–water partition coefficient (Wildman–Crippen LogP) is 3.01. The fraction of sp³-hybridized carbons (Fsp3) is 0.333. The molecular weight excluding hydrogens is 470 g/mol. The summed E-state index contributed by atoms with van der Waals surface area (Å²) in [7, 11) is 3.48. The van der Waals surface area contributed by atoms with Crippen molar-refractivity contribution in [1.82, 2.24) is 34.6 Å². The number of nitrogens with zero attached hydrogens (tertiary/aromatic N) is 6. The van der Waals surface area contributed by atoms with Gasteiger partial charge in [-0.3, -0.25) is 9.48 Å². The monoisotopic (exact) mass is 499 g/mol. The van der Waals surface area contributed by atoms with E-state index in [-0.39, 0.29) is 11.9 Å². The van der Waals surface area contributed by atoms with E-state index >= 15 is 0 Å². The molecule has 1 aromatic carbocycles. The highest BCUT2D eigenvalue weighted by Crippen LogP contribution is 2.39. The maximum absolute atomic E-state index is 11.9. The van der Waals surface area contributed by atoms with E-state index < -0.39 is 0 Å². The number of piperidine rings is 1. The molecule has 1 N–H and O–H groups in total. The highest BCUT2D eigenvalue weighted by Gasteiger charge is 2.30. The lowest BCUT2D eigenvalue weighted by Crippen LogP contribution is -2.45. The molecule has 6 rings (SSSR count). The first-order valence-electron chi connectivity index (χ1n) is 12.4. The van der Waals surface area contributed by atoms with Gasteiger partial charge >= 0.3 is 0 Å². The number of aryl methyl sites for hydroxylation is 1. The minimum Gasteiger partial charge on any atom is -0.491 e. The molecule has 1 amide bonds. The Morgan fingerprint density at radius 3 is 2.76 bits per heavy atom. The van der Waals surface area contributed by atoms with Crippen molar-refractivity contribution in [3.05, 3.63) is 60.8 Å². The third-order valence-electron chi connectivity index (χ3n) is 7.10. The highest BCUT2D eigenvalue weighted by molar-refractivity contribution is 5.87. The van der Waals surface area contributed by atoms with Crippen LogP contribution in [0.1, 0.15) is 24.4 Å². The number of methoxy groups -OCH3 is 1. The molecule has 4 aromatic rings. The zero-order chi connectivity index (χ0) is 25.5. The fourth-order valence-electron chi connectivity index (χ4n) is 5.17. The Hall–Kier alpha value is -4.18. The Balaban J connectivity index is 1.29. The zero-order valence-corrected chi connectivity index (χ0v) is 20.9. The van der Waals surface area contributed by atoms with Crippen LogP contribution >= 0.6 is 0 Å². The number of ether oxygens (including phenoxy) is 2. The maximum Gasteiger partial charge on any atom is 0.245 e. The van der Waals surface area contributed by atoms with Gasteiger partial charge in [0.15, 0.2) is 5.65 Å². The molecule has 1 fully saturated rings. The van der Waals surface area contributed by atoms with Crippen LogP contribution < -0.4 is 14.8 Å². The standard InChI is InChI=1S/C27H29N7O3/c1-4-25(35)33-13-9-18(10-14-33)28-21-16-37-22-15-17(5-6-19(21)22)26-27(20-11-12-32(2)30-20)34-23(29-26)7-8-24(31-34)36-3/h4-8,11-12,15,18,21,28H,1,9-10,13-14,16H2,2-3H3/t21-/m0/s1. The topological polar surface area (TPSA) is 98.8 Å². The maximum atomic E-state index is 11.9. The van der Waals surface area contributed by atoms with Gasteiger partial charge in [-0.2, -0.15) is 5.10 Å². The van der Waals surface area contributed by atoms with Crippen LogP contribution in [0.2, 0.25) is 0 Å². The number of carbonyl (C=O) groups excluding carboxylic acids is 1. The van der Waals surface area contributed by atoms with Crippen LogP contribution in [0.3, 0.4) is 0 Å². The van der Waals surface area contributed by atoms with Crippen LogP contribution in [-0.2, 0) is 11.8 Å². The minimum atomic E-state index is 0.00573. The molecule has 0 saturated carbocycles. The lowest BCUT2D eigenvalue weighted by molar-refractivity contribution is -0.127. The van der Waals surface area contributed by atoms with Gasteiger partial charge in [0.2, 0.25) is 11.8 Å². The van der Waals surface area contributed by atoms with Gasteiger partial charge in [0.1, 0.15) is 29.4 Å². The molecule has 5 heterocycles. The number of carbonyl (C=O) groups is 1.